The first-order valence-corrected chi connectivity index (χ1v) is 9.75. The maximum Gasteiger partial charge on any atom is 0.255 e. The molecule has 2 aromatic carbocycles. The van der Waals surface area contributed by atoms with E-state index in [1.807, 2.05) is 38.1 Å². The molecule has 3 N–H and O–H groups in total. The molecule has 1 amide bonds. The van der Waals surface area contributed by atoms with Crippen LogP contribution in [-0.4, -0.2) is 32.3 Å². The van der Waals surface area contributed by atoms with Crippen molar-refractivity contribution >= 4 is 28.9 Å². The molecule has 1 aliphatic rings. The van der Waals surface area contributed by atoms with Crippen molar-refractivity contribution in [3.05, 3.63) is 58.8 Å². The number of nitrogens with one attached hydrogen (secondary N) is 3. The maximum atomic E-state index is 13.2. The third-order valence-corrected chi connectivity index (χ3v) is 5.06. The van der Waals surface area contributed by atoms with E-state index in [9.17, 15) is 4.79 Å². The van der Waals surface area contributed by atoms with Crippen LogP contribution in [0.5, 0.6) is 17.2 Å². The van der Waals surface area contributed by atoms with E-state index in [1.165, 1.54) is 0 Å². The fourth-order valence-electron chi connectivity index (χ4n) is 3.35. The lowest BCUT2D eigenvalue weighted by Gasteiger charge is -2.31. The number of thiocarbonyl (C=S) groups is 1. The van der Waals surface area contributed by atoms with Gasteiger partial charge in [-0.15, -0.1) is 0 Å². The van der Waals surface area contributed by atoms with Gasteiger partial charge in [-0.1, -0.05) is 17.7 Å². The molecule has 1 atom stereocenters. The molecule has 1 aliphatic heterocycles. The summed E-state index contributed by atoms with van der Waals surface area (Å²) >= 11 is 5.34. The van der Waals surface area contributed by atoms with Crippen molar-refractivity contribution in [3.8, 4) is 17.2 Å². The number of amides is 1. The summed E-state index contributed by atoms with van der Waals surface area (Å²) in [4.78, 5) is 13.2. The van der Waals surface area contributed by atoms with Crippen LogP contribution in [0.2, 0.25) is 0 Å². The molecule has 2 aromatic rings. The van der Waals surface area contributed by atoms with Crippen molar-refractivity contribution in [1.29, 1.82) is 0 Å². The molecule has 0 aliphatic carbocycles. The smallest absolute Gasteiger partial charge is 0.255 e. The third kappa shape index (κ3) is 4.33. The zero-order valence-electron chi connectivity index (χ0n) is 17.6. The van der Waals surface area contributed by atoms with Crippen LogP contribution in [-0.2, 0) is 4.79 Å². The standard InChI is InChI=1S/C22H25N3O4S/c1-12-6-8-15(9-7-12)24-21(26)18-13(2)23-22(30)25-19(18)14-10-16(27-3)20(29-5)17(11-14)28-4/h6-11,19H,1-5H3,(H,24,26)(H2,23,25,30)/t19-/m0/s1. The van der Waals surface area contributed by atoms with E-state index in [0.717, 1.165) is 11.1 Å². The number of anilines is 1. The van der Waals surface area contributed by atoms with Gasteiger partial charge >= 0.3 is 0 Å². The van der Waals surface area contributed by atoms with E-state index in [4.69, 9.17) is 26.4 Å². The predicted octanol–water partition coefficient (Wildman–Crippen LogP) is 3.45. The van der Waals surface area contributed by atoms with Gasteiger partial charge in [0.25, 0.3) is 5.91 Å². The number of hydrogen-bond acceptors (Lipinski definition) is 5. The summed E-state index contributed by atoms with van der Waals surface area (Å²) in [6.45, 7) is 3.82. The van der Waals surface area contributed by atoms with Crippen molar-refractivity contribution in [2.24, 2.45) is 0 Å². The van der Waals surface area contributed by atoms with Gasteiger partial charge in [0.1, 0.15) is 0 Å². The average molecular weight is 428 g/mol. The van der Waals surface area contributed by atoms with E-state index in [2.05, 4.69) is 16.0 Å². The number of aryl methyl sites for hydroxylation is 1. The number of benzene rings is 2. The second-order valence-corrected chi connectivity index (χ2v) is 7.26. The molecule has 0 aromatic heterocycles. The SMILES string of the molecule is COc1cc([C@@H]2NC(=S)NC(C)=C2C(=O)Nc2ccc(C)cc2)cc(OC)c1OC. The van der Waals surface area contributed by atoms with E-state index < -0.39 is 6.04 Å². The van der Waals surface area contributed by atoms with Crippen LogP contribution in [0.4, 0.5) is 5.69 Å². The lowest BCUT2D eigenvalue weighted by Crippen LogP contribution is -2.45. The summed E-state index contributed by atoms with van der Waals surface area (Å²) in [5, 5.41) is 9.60. The number of carbonyl (C=O) groups excluding carboxylic acids is 1. The van der Waals surface area contributed by atoms with Crippen LogP contribution in [0.25, 0.3) is 0 Å². The fourth-order valence-corrected chi connectivity index (χ4v) is 3.62. The average Bonchev–Trinajstić information content (AvgIpc) is 2.73. The number of allylic oxidation sites excluding steroid dienone is 1. The summed E-state index contributed by atoms with van der Waals surface area (Å²) in [6, 6.07) is 10.7. The number of methoxy groups -OCH3 is 3. The molecular formula is C22H25N3O4S. The lowest BCUT2D eigenvalue weighted by atomic mass is 9.94. The zero-order valence-corrected chi connectivity index (χ0v) is 18.4. The van der Waals surface area contributed by atoms with E-state index in [-0.39, 0.29) is 5.91 Å². The number of carbonyl (C=O) groups is 1. The van der Waals surface area contributed by atoms with E-state index >= 15 is 0 Å². The maximum absolute atomic E-state index is 13.2. The van der Waals surface area contributed by atoms with Crippen molar-refractivity contribution in [1.82, 2.24) is 10.6 Å². The highest BCUT2D eigenvalue weighted by molar-refractivity contribution is 7.80. The Morgan fingerprint density at radius 2 is 1.60 bits per heavy atom. The molecule has 8 heteroatoms. The van der Waals surface area contributed by atoms with Crippen LogP contribution < -0.4 is 30.2 Å². The Labute approximate surface area is 181 Å². The first-order valence-electron chi connectivity index (χ1n) is 9.34. The van der Waals surface area contributed by atoms with Crippen LogP contribution >= 0.6 is 12.2 Å². The molecule has 1 heterocycles. The minimum absolute atomic E-state index is 0.238. The second kappa shape index (κ2) is 9.04. The van der Waals surface area contributed by atoms with Gasteiger partial charge in [-0.05, 0) is 55.9 Å². The Bertz CT molecular complexity index is 977. The van der Waals surface area contributed by atoms with Gasteiger partial charge in [-0.25, -0.2) is 0 Å². The second-order valence-electron chi connectivity index (χ2n) is 6.85. The first kappa shape index (κ1) is 21.4. The van der Waals surface area contributed by atoms with Crippen molar-refractivity contribution in [2.45, 2.75) is 19.9 Å². The predicted molar refractivity (Wildman–Crippen MR) is 120 cm³/mol. The largest absolute Gasteiger partial charge is 0.493 e. The Balaban J connectivity index is 2.03. The van der Waals surface area contributed by atoms with Gasteiger partial charge in [-0.2, -0.15) is 0 Å². The monoisotopic (exact) mass is 427 g/mol. The van der Waals surface area contributed by atoms with Gasteiger partial charge in [0.05, 0.1) is 32.9 Å². The number of rotatable bonds is 6. The zero-order chi connectivity index (χ0) is 21.8. The molecule has 0 unspecified atom stereocenters. The normalized spacial score (nSPS) is 15.8. The van der Waals surface area contributed by atoms with Crippen molar-refractivity contribution in [2.75, 3.05) is 26.6 Å². The molecule has 0 bridgehead atoms. The Kier molecular flexibility index (Phi) is 6.47. The van der Waals surface area contributed by atoms with Crippen LogP contribution in [0.15, 0.2) is 47.7 Å². The van der Waals surface area contributed by atoms with Gasteiger partial charge in [0.2, 0.25) is 5.75 Å². The Morgan fingerprint density at radius 1 is 1.00 bits per heavy atom. The quantitative estimate of drug-likeness (QED) is 0.609. The highest BCUT2D eigenvalue weighted by Crippen LogP contribution is 2.41. The molecule has 158 valence electrons. The van der Waals surface area contributed by atoms with E-state index in [1.54, 1.807) is 33.5 Å². The summed E-state index contributed by atoms with van der Waals surface area (Å²) in [5.74, 6) is 1.23. The molecule has 0 radical (unpaired) electrons. The van der Waals surface area contributed by atoms with Gasteiger partial charge in [0, 0.05) is 11.4 Å². The lowest BCUT2D eigenvalue weighted by molar-refractivity contribution is -0.113. The molecular weight excluding hydrogens is 402 g/mol. The molecule has 0 fully saturated rings. The first-order chi connectivity index (χ1) is 14.4. The summed E-state index contributed by atoms with van der Waals surface area (Å²) in [7, 11) is 4.64. The fraction of sp³-hybridized carbons (Fsp3) is 0.273. The Morgan fingerprint density at radius 3 is 2.13 bits per heavy atom. The third-order valence-electron chi connectivity index (χ3n) is 4.84. The van der Waals surface area contributed by atoms with Crippen LogP contribution in [0.1, 0.15) is 24.1 Å². The topological polar surface area (TPSA) is 80.9 Å². The summed E-state index contributed by atoms with van der Waals surface area (Å²) in [5.41, 5.74) is 3.76. The highest BCUT2D eigenvalue weighted by Gasteiger charge is 2.31. The molecule has 0 saturated carbocycles. The summed E-state index contributed by atoms with van der Waals surface area (Å²) in [6.07, 6.45) is 0. The Hall–Kier alpha value is -3.26. The van der Waals surface area contributed by atoms with Gasteiger partial charge in [0.15, 0.2) is 16.6 Å². The van der Waals surface area contributed by atoms with Crippen LogP contribution in [0.3, 0.4) is 0 Å². The number of ether oxygens (including phenoxy) is 3. The minimum Gasteiger partial charge on any atom is -0.493 e. The van der Waals surface area contributed by atoms with Crippen molar-refractivity contribution in [3.63, 3.8) is 0 Å². The van der Waals surface area contributed by atoms with Gasteiger partial charge in [-0.3, -0.25) is 4.79 Å². The molecule has 0 saturated heterocycles. The van der Waals surface area contributed by atoms with E-state index in [0.29, 0.717) is 39.3 Å². The molecule has 7 nitrogen and oxygen atoms in total. The van der Waals surface area contributed by atoms with Gasteiger partial charge < -0.3 is 30.2 Å². The molecule has 3 rings (SSSR count). The highest BCUT2D eigenvalue weighted by atomic mass is 32.1. The molecule has 0 spiro atoms. The van der Waals surface area contributed by atoms with Crippen molar-refractivity contribution < 1.29 is 19.0 Å². The number of hydrogen-bond donors (Lipinski definition) is 3. The minimum atomic E-state index is -0.502. The van der Waals surface area contributed by atoms with Crippen LogP contribution in [0, 0.1) is 6.92 Å². The molecule has 30 heavy (non-hydrogen) atoms. The summed E-state index contributed by atoms with van der Waals surface area (Å²) < 4.78 is 16.3.